The standard InChI is InChI=1S/C26H25N5O4S/c1-17-4-7-19(8-5-17)25-29-30-26(31(25)20-9-11-21(34-2)12-10-20)36-16-24(33)28-27-15-18-6-13-22(32)23(14-18)35-3/h4-15H,16H2,1-3H3,(H2,27,28,32,33). The largest absolute Gasteiger partial charge is 0.870 e. The minimum absolute atomic E-state index is 0.0918. The van der Waals surface area contributed by atoms with Crippen molar-refractivity contribution >= 4 is 23.9 Å². The quantitative estimate of drug-likeness (QED) is 0.157. The highest BCUT2D eigenvalue weighted by Crippen LogP contribution is 2.23. The second-order valence-corrected chi connectivity index (χ2v) is 8.69. The van der Waals surface area contributed by atoms with E-state index < -0.39 is 0 Å². The van der Waals surface area contributed by atoms with Crippen LogP contribution in [0.4, 0.5) is 0 Å². The van der Waals surface area contributed by atoms with Crippen LogP contribution < -0.4 is 24.6 Å². The third kappa shape index (κ3) is 5.84. The molecule has 0 bridgehead atoms. The molecule has 0 unspecified atom stereocenters. The Balaban J connectivity index is 1.50. The molecule has 0 radical (unpaired) electrons. The number of carbonyl (C=O) groups excluding carboxylic acids is 1. The van der Waals surface area contributed by atoms with Gasteiger partial charge in [0, 0.05) is 0 Å². The van der Waals surface area contributed by atoms with Crippen LogP contribution in [0.3, 0.4) is 0 Å². The molecule has 1 amide bonds. The number of hydrazone groups is 1. The van der Waals surface area contributed by atoms with E-state index in [0.717, 1.165) is 28.4 Å². The average molecular weight is 504 g/mol. The number of nitrogens with zero attached hydrogens (tertiary/aromatic N) is 3. The van der Waals surface area contributed by atoms with E-state index in [9.17, 15) is 9.90 Å². The first-order chi connectivity index (χ1) is 17.5. The lowest BCUT2D eigenvalue weighted by Gasteiger charge is -2.11. The fourth-order valence-electron chi connectivity index (χ4n) is 3.37. The number of carbonyl (C=O) groups is 1. The van der Waals surface area contributed by atoms with E-state index in [4.69, 9.17) is 9.47 Å². The molecular weight excluding hydrogens is 478 g/mol. The van der Waals surface area contributed by atoms with Crippen molar-refractivity contribution in [1.29, 1.82) is 0 Å². The molecule has 36 heavy (non-hydrogen) atoms. The SMILES string of the molecule is COc1ccc(-[n+]2c(SCC(=O)N/N=C/c3ccc([O-])c(OC)c3)n[nH]c2-c2ccc(C)cc2)cc1. The number of benzene rings is 3. The van der Waals surface area contributed by atoms with Gasteiger partial charge in [0.05, 0.1) is 36.8 Å². The number of hydrogen-bond donors (Lipinski definition) is 2. The van der Waals surface area contributed by atoms with Gasteiger partial charge in [0.25, 0.3) is 11.7 Å². The van der Waals surface area contributed by atoms with E-state index in [1.54, 1.807) is 19.2 Å². The van der Waals surface area contributed by atoms with Crippen molar-refractivity contribution in [2.45, 2.75) is 12.1 Å². The Kier molecular flexibility index (Phi) is 7.86. The van der Waals surface area contributed by atoms with Gasteiger partial charge in [-0.2, -0.15) is 9.67 Å². The summed E-state index contributed by atoms with van der Waals surface area (Å²) in [6.45, 7) is 2.03. The van der Waals surface area contributed by atoms with Crippen LogP contribution in [0.15, 0.2) is 77.0 Å². The molecule has 0 saturated carbocycles. The van der Waals surface area contributed by atoms with Crippen molar-refractivity contribution in [3.05, 3.63) is 77.9 Å². The second kappa shape index (κ2) is 11.4. The normalized spacial score (nSPS) is 11.0. The number of aromatic nitrogens is 3. The number of rotatable bonds is 9. The summed E-state index contributed by atoms with van der Waals surface area (Å²) in [4.78, 5) is 12.4. The van der Waals surface area contributed by atoms with Crippen LogP contribution in [0.5, 0.6) is 17.2 Å². The molecule has 3 aromatic carbocycles. The lowest BCUT2D eigenvalue weighted by molar-refractivity contribution is -0.625. The van der Waals surface area contributed by atoms with Crippen molar-refractivity contribution in [2.24, 2.45) is 5.10 Å². The number of thioether (sulfide) groups is 1. The predicted octanol–water partition coefficient (Wildman–Crippen LogP) is 3.00. The molecule has 0 saturated heterocycles. The zero-order valence-electron chi connectivity index (χ0n) is 20.0. The van der Waals surface area contributed by atoms with Gasteiger partial charge in [0.15, 0.2) is 0 Å². The molecule has 184 valence electrons. The fourth-order valence-corrected chi connectivity index (χ4v) is 4.14. The molecule has 0 aliphatic heterocycles. The summed E-state index contributed by atoms with van der Waals surface area (Å²) >= 11 is 1.27. The molecule has 10 heteroatoms. The summed E-state index contributed by atoms with van der Waals surface area (Å²) in [5.74, 6) is 1.32. The third-order valence-corrected chi connectivity index (χ3v) is 6.19. The van der Waals surface area contributed by atoms with Crippen molar-refractivity contribution in [3.63, 3.8) is 0 Å². The topological polar surface area (TPSA) is 116 Å². The van der Waals surface area contributed by atoms with Gasteiger partial charge in [-0.05, 0) is 66.7 Å². The Morgan fingerprint density at radius 2 is 1.86 bits per heavy atom. The summed E-state index contributed by atoms with van der Waals surface area (Å²) in [7, 11) is 3.05. The smallest absolute Gasteiger partial charge is 0.342 e. The molecule has 0 aliphatic rings. The average Bonchev–Trinajstić information content (AvgIpc) is 3.32. The van der Waals surface area contributed by atoms with E-state index in [1.165, 1.54) is 31.2 Å². The minimum atomic E-state index is -0.301. The van der Waals surface area contributed by atoms with Gasteiger partial charge in [-0.3, -0.25) is 4.79 Å². The molecule has 1 heterocycles. The van der Waals surface area contributed by atoms with Gasteiger partial charge in [-0.15, -0.1) is 5.10 Å². The summed E-state index contributed by atoms with van der Waals surface area (Å²) in [5, 5.41) is 23.8. The lowest BCUT2D eigenvalue weighted by Crippen LogP contribution is -2.34. The first-order valence-electron chi connectivity index (χ1n) is 11.0. The molecule has 9 nitrogen and oxygen atoms in total. The minimum Gasteiger partial charge on any atom is -0.870 e. The number of hydrogen-bond acceptors (Lipinski definition) is 7. The van der Waals surface area contributed by atoms with Gasteiger partial charge >= 0.3 is 5.16 Å². The molecule has 0 aliphatic carbocycles. The number of ether oxygens (including phenoxy) is 2. The van der Waals surface area contributed by atoms with Gasteiger partial charge in [0.1, 0.15) is 17.2 Å². The predicted molar refractivity (Wildman–Crippen MR) is 136 cm³/mol. The Bertz CT molecular complexity index is 1370. The number of aryl methyl sites for hydroxylation is 1. The van der Waals surface area contributed by atoms with Crippen LogP contribution in [0, 0.1) is 6.92 Å². The van der Waals surface area contributed by atoms with E-state index in [0.29, 0.717) is 10.7 Å². The molecule has 4 rings (SSSR count). The highest BCUT2D eigenvalue weighted by molar-refractivity contribution is 7.99. The summed E-state index contributed by atoms with van der Waals surface area (Å²) < 4.78 is 12.3. The van der Waals surface area contributed by atoms with Crippen molar-refractivity contribution < 1.29 is 23.9 Å². The van der Waals surface area contributed by atoms with Gasteiger partial charge in [-0.25, -0.2) is 5.43 Å². The van der Waals surface area contributed by atoms with Gasteiger partial charge < -0.3 is 14.6 Å². The van der Waals surface area contributed by atoms with Crippen molar-refractivity contribution in [3.8, 4) is 34.3 Å². The Morgan fingerprint density at radius 3 is 2.56 bits per heavy atom. The van der Waals surface area contributed by atoms with Crippen LogP contribution in [-0.4, -0.2) is 42.3 Å². The first kappa shape index (κ1) is 24.8. The molecule has 1 aromatic heterocycles. The number of amides is 1. The van der Waals surface area contributed by atoms with Crippen LogP contribution in [0.2, 0.25) is 0 Å². The summed E-state index contributed by atoms with van der Waals surface area (Å²) in [5.41, 5.74) is 6.12. The lowest BCUT2D eigenvalue weighted by atomic mass is 10.1. The van der Waals surface area contributed by atoms with Crippen LogP contribution in [0.25, 0.3) is 17.1 Å². The number of nitrogens with one attached hydrogen (secondary N) is 2. The Hall–Kier alpha value is -4.31. The number of H-pyrrole nitrogens is 1. The maximum absolute atomic E-state index is 12.4. The van der Waals surface area contributed by atoms with E-state index in [2.05, 4.69) is 20.7 Å². The molecule has 4 aromatic rings. The van der Waals surface area contributed by atoms with E-state index >= 15 is 0 Å². The maximum atomic E-state index is 12.4. The Morgan fingerprint density at radius 1 is 1.11 bits per heavy atom. The molecule has 0 fully saturated rings. The van der Waals surface area contributed by atoms with E-state index in [-0.39, 0.29) is 23.2 Å². The molecule has 0 spiro atoms. The zero-order valence-corrected chi connectivity index (χ0v) is 20.8. The van der Waals surface area contributed by atoms with Crippen LogP contribution in [-0.2, 0) is 4.79 Å². The van der Waals surface area contributed by atoms with Crippen LogP contribution >= 0.6 is 11.8 Å². The molecular formula is C26H25N5O4S. The highest BCUT2D eigenvalue weighted by Gasteiger charge is 2.24. The highest BCUT2D eigenvalue weighted by atomic mass is 32.2. The van der Waals surface area contributed by atoms with Gasteiger partial charge in [0.2, 0.25) is 0 Å². The number of aromatic amines is 1. The fraction of sp³-hybridized carbons (Fsp3) is 0.154. The Labute approximate surface area is 212 Å². The molecule has 0 atom stereocenters. The first-order valence-corrected chi connectivity index (χ1v) is 12.0. The summed E-state index contributed by atoms with van der Waals surface area (Å²) in [6, 6.07) is 20.3. The second-order valence-electron chi connectivity index (χ2n) is 7.75. The summed E-state index contributed by atoms with van der Waals surface area (Å²) in [6.07, 6.45) is 1.45. The van der Waals surface area contributed by atoms with Crippen molar-refractivity contribution in [2.75, 3.05) is 20.0 Å². The van der Waals surface area contributed by atoms with Crippen LogP contribution in [0.1, 0.15) is 11.1 Å². The van der Waals surface area contributed by atoms with Gasteiger partial charge in [-0.1, -0.05) is 35.6 Å². The monoisotopic (exact) mass is 503 g/mol. The third-order valence-electron chi connectivity index (χ3n) is 5.25. The molecule has 2 N–H and O–H groups in total. The number of methoxy groups -OCH3 is 2. The van der Waals surface area contributed by atoms with Crippen molar-refractivity contribution in [1.82, 2.24) is 15.6 Å². The zero-order chi connectivity index (χ0) is 25.5. The van der Waals surface area contributed by atoms with E-state index in [1.807, 2.05) is 60.0 Å². The maximum Gasteiger partial charge on any atom is 0.342 e.